The van der Waals surface area contributed by atoms with Gasteiger partial charge in [-0.25, -0.2) is 4.98 Å². The van der Waals surface area contributed by atoms with Crippen LogP contribution in [0.4, 0.5) is 5.82 Å². The Morgan fingerprint density at radius 3 is 2.56 bits per heavy atom. The highest BCUT2D eigenvalue weighted by Crippen LogP contribution is 2.35. The molecule has 1 heterocycles. The molecule has 1 aliphatic carbocycles. The van der Waals surface area contributed by atoms with Crippen molar-refractivity contribution in [2.75, 3.05) is 5.32 Å². The van der Waals surface area contributed by atoms with E-state index in [0.29, 0.717) is 18.7 Å². The Labute approximate surface area is 107 Å². The van der Waals surface area contributed by atoms with Crippen molar-refractivity contribution < 1.29 is 4.79 Å². The lowest BCUT2D eigenvalue weighted by molar-refractivity contribution is -0.123. The molecular weight excluding hydrogens is 226 g/mol. The van der Waals surface area contributed by atoms with Crippen LogP contribution in [0.25, 0.3) is 0 Å². The molecule has 1 saturated carbocycles. The summed E-state index contributed by atoms with van der Waals surface area (Å²) in [6, 6.07) is 7.58. The molecule has 0 unspecified atom stereocenters. The highest BCUT2D eigenvalue weighted by Gasteiger charge is 2.38. The van der Waals surface area contributed by atoms with E-state index in [1.165, 1.54) is 0 Å². The Morgan fingerprint density at radius 1 is 1.28 bits per heavy atom. The molecule has 1 amide bonds. The third-order valence-corrected chi connectivity index (χ3v) is 3.51. The van der Waals surface area contributed by atoms with Gasteiger partial charge in [-0.3, -0.25) is 4.79 Å². The van der Waals surface area contributed by atoms with Gasteiger partial charge < -0.3 is 5.32 Å². The predicted molar refractivity (Wildman–Crippen MR) is 68.6 cm³/mol. The van der Waals surface area contributed by atoms with E-state index < -0.39 is 5.41 Å². The SMILES string of the molecule is N#CC1(C(=O)Nc2ccccn2)CCCCCC1. The smallest absolute Gasteiger partial charge is 0.246 e. The highest BCUT2D eigenvalue weighted by atomic mass is 16.2. The zero-order chi connectivity index (χ0) is 12.8. The topological polar surface area (TPSA) is 65.8 Å². The number of aromatic nitrogens is 1. The number of hydrogen-bond acceptors (Lipinski definition) is 3. The fourth-order valence-electron chi connectivity index (χ4n) is 2.39. The second kappa shape index (κ2) is 5.63. The number of nitriles is 1. The van der Waals surface area contributed by atoms with Crippen LogP contribution in [0, 0.1) is 16.7 Å². The third kappa shape index (κ3) is 2.67. The molecule has 4 nitrogen and oxygen atoms in total. The van der Waals surface area contributed by atoms with Crippen LogP contribution in [0.3, 0.4) is 0 Å². The van der Waals surface area contributed by atoms with E-state index >= 15 is 0 Å². The minimum atomic E-state index is -0.867. The summed E-state index contributed by atoms with van der Waals surface area (Å²) in [5.74, 6) is 0.312. The lowest BCUT2D eigenvalue weighted by atomic mass is 9.81. The number of hydrogen-bond donors (Lipinski definition) is 1. The summed E-state index contributed by atoms with van der Waals surface area (Å²) >= 11 is 0. The van der Waals surface area contributed by atoms with E-state index in [0.717, 1.165) is 25.7 Å². The Balaban J connectivity index is 2.12. The van der Waals surface area contributed by atoms with Crippen molar-refractivity contribution in [3.05, 3.63) is 24.4 Å². The standard InChI is InChI=1S/C14H17N3O/c15-11-14(8-4-1-2-5-9-14)13(18)17-12-7-3-6-10-16-12/h3,6-7,10H,1-2,4-5,8-9H2,(H,16,17,18). The van der Waals surface area contributed by atoms with Gasteiger partial charge >= 0.3 is 0 Å². The van der Waals surface area contributed by atoms with Crippen LogP contribution in [0.1, 0.15) is 38.5 Å². The normalized spacial score (nSPS) is 18.4. The first-order chi connectivity index (χ1) is 8.77. The van der Waals surface area contributed by atoms with Crippen molar-refractivity contribution in [1.29, 1.82) is 5.26 Å². The van der Waals surface area contributed by atoms with Gasteiger partial charge in [-0.2, -0.15) is 5.26 Å². The van der Waals surface area contributed by atoms with Gasteiger partial charge in [-0.15, -0.1) is 0 Å². The van der Waals surface area contributed by atoms with Gasteiger partial charge in [0.25, 0.3) is 0 Å². The van der Waals surface area contributed by atoms with Gasteiger partial charge in [-0.05, 0) is 25.0 Å². The van der Waals surface area contributed by atoms with Crippen molar-refractivity contribution in [1.82, 2.24) is 4.98 Å². The van der Waals surface area contributed by atoms with Crippen LogP contribution in [0.2, 0.25) is 0 Å². The second-order valence-electron chi connectivity index (χ2n) is 4.78. The molecule has 0 aliphatic heterocycles. The van der Waals surface area contributed by atoms with E-state index in [4.69, 9.17) is 0 Å². The molecule has 94 valence electrons. The summed E-state index contributed by atoms with van der Waals surface area (Å²) in [5.41, 5.74) is -0.867. The van der Waals surface area contributed by atoms with Crippen LogP contribution >= 0.6 is 0 Å². The molecule has 1 fully saturated rings. The molecule has 0 atom stereocenters. The highest BCUT2D eigenvalue weighted by molar-refractivity contribution is 5.96. The second-order valence-corrected chi connectivity index (χ2v) is 4.78. The van der Waals surface area contributed by atoms with Crippen molar-refractivity contribution in [3.63, 3.8) is 0 Å². The van der Waals surface area contributed by atoms with Crippen LogP contribution in [-0.4, -0.2) is 10.9 Å². The molecular formula is C14H17N3O. The first-order valence-electron chi connectivity index (χ1n) is 6.41. The monoisotopic (exact) mass is 243 g/mol. The number of rotatable bonds is 2. The fourth-order valence-corrected chi connectivity index (χ4v) is 2.39. The van der Waals surface area contributed by atoms with Gasteiger partial charge in [0.2, 0.25) is 5.91 Å². The molecule has 18 heavy (non-hydrogen) atoms. The summed E-state index contributed by atoms with van der Waals surface area (Å²) in [5, 5.41) is 12.1. The van der Waals surface area contributed by atoms with Crippen molar-refractivity contribution in [3.8, 4) is 6.07 Å². The number of amides is 1. The van der Waals surface area contributed by atoms with Gasteiger partial charge in [0.1, 0.15) is 11.2 Å². The molecule has 4 heteroatoms. The van der Waals surface area contributed by atoms with Crippen LogP contribution in [0.15, 0.2) is 24.4 Å². The number of pyridine rings is 1. The molecule has 0 radical (unpaired) electrons. The average molecular weight is 243 g/mol. The lowest BCUT2D eigenvalue weighted by Gasteiger charge is -2.23. The minimum Gasteiger partial charge on any atom is -0.309 e. The number of nitrogens with zero attached hydrogens (tertiary/aromatic N) is 2. The quantitative estimate of drug-likeness (QED) is 0.812. The Morgan fingerprint density at radius 2 is 2.00 bits per heavy atom. The van der Waals surface area contributed by atoms with E-state index in [2.05, 4.69) is 16.4 Å². The zero-order valence-corrected chi connectivity index (χ0v) is 10.4. The largest absolute Gasteiger partial charge is 0.309 e. The van der Waals surface area contributed by atoms with Crippen LogP contribution < -0.4 is 5.32 Å². The minimum absolute atomic E-state index is 0.203. The van der Waals surface area contributed by atoms with E-state index in [-0.39, 0.29) is 5.91 Å². The molecule has 1 N–H and O–H groups in total. The fraction of sp³-hybridized carbons (Fsp3) is 0.500. The molecule has 1 aromatic rings. The molecule has 1 aromatic heterocycles. The summed E-state index contributed by atoms with van der Waals surface area (Å²) < 4.78 is 0. The number of carbonyl (C=O) groups excluding carboxylic acids is 1. The summed E-state index contributed by atoms with van der Waals surface area (Å²) in [6.45, 7) is 0. The first kappa shape index (κ1) is 12.6. The third-order valence-electron chi connectivity index (χ3n) is 3.51. The van der Waals surface area contributed by atoms with Gasteiger partial charge in [0.15, 0.2) is 0 Å². The number of carbonyl (C=O) groups is 1. The molecule has 2 rings (SSSR count). The molecule has 0 aromatic carbocycles. The average Bonchev–Trinajstić information content (AvgIpc) is 2.66. The van der Waals surface area contributed by atoms with E-state index in [1.807, 2.05) is 6.07 Å². The molecule has 0 spiro atoms. The maximum absolute atomic E-state index is 12.3. The van der Waals surface area contributed by atoms with E-state index in [9.17, 15) is 10.1 Å². The molecule has 0 saturated heterocycles. The number of anilines is 1. The van der Waals surface area contributed by atoms with Gasteiger partial charge in [0, 0.05) is 6.20 Å². The Kier molecular flexibility index (Phi) is 3.93. The maximum atomic E-state index is 12.3. The summed E-state index contributed by atoms with van der Waals surface area (Å²) in [7, 11) is 0. The van der Waals surface area contributed by atoms with Crippen LogP contribution in [-0.2, 0) is 4.79 Å². The van der Waals surface area contributed by atoms with E-state index in [1.54, 1.807) is 18.3 Å². The Bertz CT molecular complexity index is 442. The predicted octanol–water partition coefficient (Wildman–Crippen LogP) is 2.88. The molecule has 1 aliphatic rings. The van der Waals surface area contributed by atoms with Crippen molar-refractivity contribution in [2.24, 2.45) is 5.41 Å². The Hall–Kier alpha value is -1.89. The number of nitrogens with one attached hydrogen (secondary N) is 1. The van der Waals surface area contributed by atoms with Crippen molar-refractivity contribution >= 4 is 11.7 Å². The van der Waals surface area contributed by atoms with Crippen molar-refractivity contribution in [2.45, 2.75) is 38.5 Å². The summed E-state index contributed by atoms with van der Waals surface area (Å²) in [4.78, 5) is 16.4. The molecule has 0 bridgehead atoms. The zero-order valence-electron chi connectivity index (χ0n) is 10.4. The summed E-state index contributed by atoms with van der Waals surface area (Å²) in [6.07, 6.45) is 7.05. The van der Waals surface area contributed by atoms with Gasteiger partial charge in [-0.1, -0.05) is 31.7 Å². The maximum Gasteiger partial charge on any atom is 0.246 e. The van der Waals surface area contributed by atoms with Gasteiger partial charge in [0.05, 0.1) is 6.07 Å². The van der Waals surface area contributed by atoms with Crippen LogP contribution in [0.5, 0.6) is 0 Å². The lowest BCUT2D eigenvalue weighted by Crippen LogP contribution is -2.34. The first-order valence-corrected chi connectivity index (χ1v) is 6.41.